The molecule has 1 unspecified atom stereocenters. The number of carbonyl (C=O) groups is 1. The minimum Gasteiger partial charge on any atom is -0.392 e. The second-order valence-corrected chi connectivity index (χ2v) is 7.59. The molecule has 0 aromatic heterocycles. The fraction of sp³-hybridized carbons (Fsp3) is 0.722. The maximum Gasteiger partial charge on any atom is 0.155 e. The van der Waals surface area contributed by atoms with Crippen molar-refractivity contribution < 1.29 is 9.90 Å². The van der Waals surface area contributed by atoms with Crippen molar-refractivity contribution in [3.8, 4) is 0 Å². The first kappa shape index (κ1) is 12.8. The van der Waals surface area contributed by atoms with Crippen LogP contribution in [0.1, 0.15) is 51.9 Å². The highest BCUT2D eigenvalue weighted by molar-refractivity contribution is 5.91. The monoisotopic (exact) mass is 272 g/mol. The van der Waals surface area contributed by atoms with Crippen molar-refractivity contribution in [2.75, 3.05) is 0 Å². The molecule has 0 aromatic carbocycles. The van der Waals surface area contributed by atoms with Crippen molar-refractivity contribution in [3.63, 3.8) is 0 Å². The molecule has 20 heavy (non-hydrogen) atoms. The number of carbonyl (C=O) groups excluding carboxylic acids is 1. The summed E-state index contributed by atoms with van der Waals surface area (Å²) in [6.45, 7) is 2.39. The summed E-state index contributed by atoms with van der Waals surface area (Å²) < 4.78 is 0. The summed E-state index contributed by atoms with van der Waals surface area (Å²) in [5.74, 6) is 1.77. The average molecular weight is 272 g/mol. The molecule has 108 valence electrons. The Kier molecular flexibility index (Phi) is 2.76. The molecule has 0 aliphatic heterocycles. The molecule has 2 fully saturated rings. The largest absolute Gasteiger partial charge is 0.392 e. The van der Waals surface area contributed by atoms with E-state index >= 15 is 0 Å². The van der Waals surface area contributed by atoms with E-state index in [-0.39, 0.29) is 11.9 Å². The van der Waals surface area contributed by atoms with Crippen molar-refractivity contribution in [2.45, 2.75) is 58.0 Å². The summed E-state index contributed by atoms with van der Waals surface area (Å²) in [4.78, 5) is 11.6. The van der Waals surface area contributed by atoms with Crippen LogP contribution in [0.5, 0.6) is 0 Å². The molecular weight excluding hydrogens is 248 g/mol. The third kappa shape index (κ3) is 1.70. The van der Waals surface area contributed by atoms with Crippen LogP contribution in [0.2, 0.25) is 0 Å². The Labute approximate surface area is 120 Å². The average Bonchev–Trinajstić information content (AvgIpc) is 2.79. The number of aliphatic hydroxyl groups excluding tert-OH is 1. The van der Waals surface area contributed by atoms with Gasteiger partial charge in [-0.3, -0.25) is 4.79 Å². The molecule has 0 heterocycles. The van der Waals surface area contributed by atoms with Gasteiger partial charge in [0.15, 0.2) is 5.78 Å². The second-order valence-electron chi connectivity index (χ2n) is 7.59. The van der Waals surface area contributed by atoms with E-state index in [0.717, 1.165) is 12.8 Å². The number of hydrogen-bond acceptors (Lipinski definition) is 2. The lowest BCUT2D eigenvalue weighted by Crippen LogP contribution is -2.47. The van der Waals surface area contributed by atoms with Crippen LogP contribution in [0.3, 0.4) is 0 Å². The summed E-state index contributed by atoms with van der Waals surface area (Å²) in [7, 11) is 0. The van der Waals surface area contributed by atoms with Crippen LogP contribution < -0.4 is 0 Å². The van der Waals surface area contributed by atoms with E-state index in [1.54, 1.807) is 5.57 Å². The molecule has 0 saturated heterocycles. The van der Waals surface area contributed by atoms with E-state index in [1.807, 2.05) is 6.08 Å². The second kappa shape index (κ2) is 4.30. The minimum atomic E-state index is -0.266. The van der Waals surface area contributed by atoms with Crippen LogP contribution in [0.4, 0.5) is 0 Å². The van der Waals surface area contributed by atoms with Crippen LogP contribution >= 0.6 is 0 Å². The Bertz CT molecular complexity index is 516. The van der Waals surface area contributed by atoms with Gasteiger partial charge in [0.2, 0.25) is 0 Å². The predicted molar refractivity (Wildman–Crippen MR) is 78.1 cm³/mol. The van der Waals surface area contributed by atoms with Crippen molar-refractivity contribution >= 4 is 5.78 Å². The Morgan fingerprint density at radius 1 is 1.30 bits per heavy atom. The Morgan fingerprint density at radius 2 is 2.15 bits per heavy atom. The van der Waals surface area contributed by atoms with Gasteiger partial charge in [-0.15, -0.1) is 0 Å². The molecule has 4 aliphatic rings. The maximum absolute atomic E-state index is 11.6. The summed E-state index contributed by atoms with van der Waals surface area (Å²) in [5, 5.41) is 10.7. The molecule has 2 saturated carbocycles. The first-order chi connectivity index (χ1) is 9.58. The van der Waals surface area contributed by atoms with E-state index in [9.17, 15) is 9.90 Å². The topological polar surface area (TPSA) is 37.3 Å². The van der Waals surface area contributed by atoms with Gasteiger partial charge < -0.3 is 5.11 Å². The van der Waals surface area contributed by atoms with Gasteiger partial charge in [0.1, 0.15) is 0 Å². The molecule has 5 atom stereocenters. The van der Waals surface area contributed by atoms with Crippen LogP contribution in [-0.2, 0) is 4.79 Å². The van der Waals surface area contributed by atoms with Gasteiger partial charge in [0.25, 0.3) is 0 Å². The van der Waals surface area contributed by atoms with Crippen molar-refractivity contribution in [1.82, 2.24) is 0 Å². The highest BCUT2D eigenvalue weighted by Crippen LogP contribution is 2.59. The summed E-state index contributed by atoms with van der Waals surface area (Å²) in [5.41, 5.74) is 3.16. The SMILES string of the molecule is C[C@@]12CCC=C1[C@@H]1C(O)CC3=CC(=O)CC[C@@H]3[C@H]1CC2. The molecule has 2 nitrogen and oxygen atoms in total. The Balaban J connectivity index is 1.72. The first-order valence-electron chi connectivity index (χ1n) is 8.20. The third-order valence-electron chi connectivity index (χ3n) is 6.51. The molecule has 0 radical (unpaired) electrons. The number of allylic oxidation sites excluding steroid dienone is 2. The molecule has 1 N–H and O–H groups in total. The minimum absolute atomic E-state index is 0.266. The quantitative estimate of drug-likeness (QED) is 0.686. The smallest absolute Gasteiger partial charge is 0.155 e. The van der Waals surface area contributed by atoms with Gasteiger partial charge in [-0.25, -0.2) is 0 Å². The lowest BCUT2D eigenvalue weighted by atomic mass is 9.54. The van der Waals surface area contributed by atoms with Gasteiger partial charge in [-0.05, 0) is 61.9 Å². The Hall–Kier alpha value is -0.890. The number of aliphatic hydroxyl groups is 1. The third-order valence-corrected chi connectivity index (χ3v) is 6.51. The van der Waals surface area contributed by atoms with Crippen LogP contribution in [0.25, 0.3) is 0 Å². The zero-order valence-electron chi connectivity index (χ0n) is 12.3. The maximum atomic E-state index is 11.6. The van der Waals surface area contributed by atoms with E-state index in [2.05, 4.69) is 13.0 Å². The molecule has 0 spiro atoms. The fourth-order valence-corrected chi connectivity index (χ4v) is 5.52. The summed E-state index contributed by atoms with van der Waals surface area (Å²) >= 11 is 0. The predicted octanol–water partition coefficient (Wildman–Crippen LogP) is 3.41. The van der Waals surface area contributed by atoms with E-state index in [0.29, 0.717) is 29.6 Å². The molecule has 0 bridgehead atoms. The van der Waals surface area contributed by atoms with Crippen molar-refractivity contribution in [1.29, 1.82) is 0 Å². The summed E-state index contributed by atoms with van der Waals surface area (Å²) in [6.07, 6.45) is 11.4. The number of hydrogen-bond donors (Lipinski definition) is 1. The van der Waals surface area contributed by atoms with E-state index in [1.165, 1.54) is 31.3 Å². The lowest BCUT2D eigenvalue weighted by molar-refractivity contribution is -0.116. The highest BCUT2D eigenvalue weighted by Gasteiger charge is 2.51. The molecule has 4 rings (SSSR count). The molecule has 2 heteroatoms. The molecule has 0 amide bonds. The standard InChI is InChI=1S/C18H24O2/c1-18-7-2-3-15(18)17-14(6-8-18)13-5-4-12(19)9-11(13)10-16(17)20/h3,9,13-14,16-17,20H,2,4-8,10H2,1H3/t13-,14+,16?,17+,18-/m0/s1. The molecule has 4 aliphatic carbocycles. The van der Waals surface area contributed by atoms with Crippen molar-refractivity contribution in [3.05, 3.63) is 23.3 Å². The van der Waals surface area contributed by atoms with Gasteiger partial charge in [0, 0.05) is 12.3 Å². The normalized spacial score (nSPS) is 47.0. The zero-order chi connectivity index (χ0) is 13.9. The van der Waals surface area contributed by atoms with Crippen LogP contribution in [0.15, 0.2) is 23.3 Å². The molecule has 0 aromatic rings. The van der Waals surface area contributed by atoms with E-state index < -0.39 is 0 Å². The number of rotatable bonds is 0. The van der Waals surface area contributed by atoms with Crippen molar-refractivity contribution in [2.24, 2.45) is 23.2 Å². The lowest BCUT2D eigenvalue weighted by Gasteiger charge is -2.52. The van der Waals surface area contributed by atoms with Crippen LogP contribution in [0, 0.1) is 23.2 Å². The first-order valence-corrected chi connectivity index (χ1v) is 8.20. The number of ketones is 1. The van der Waals surface area contributed by atoms with Gasteiger partial charge in [0.05, 0.1) is 6.10 Å². The van der Waals surface area contributed by atoms with E-state index in [4.69, 9.17) is 0 Å². The van der Waals surface area contributed by atoms with Gasteiger partial charge in [-0.2, -0.15) is 0 Å². The fourth-order valence-electron chi connectivity index (χ4n) is 5.52. The Morgan fingerprint density at radius 3 is 3.00 bits per heavy atom. The summed E-state index contributed by atoms with van der Waals surface area (Å²) in [6, 6.07) is 0. The number of fused-ring (bicyclic) bond motifs is 5. The zero-order valence-corrected chi connectivity index (χ0v) is 12.3. The molecular formula is C18H24O2. The highest BCUT2D eigenvalue weighted by atomic mass is 16.3. The van der Waals surface area contributed by atoms with Gasteiger partial charge in [-0.1, -0.05) is 24.1 Å². The van der Waals surface area contributed by atoms with Gasteiger partial charge >= 0.3 is 0 Å². The van der Waals surface area contributed by atoms with Crippen LogP contribution in [-0.4, -0.2) is 17.0 Å².